The lowest BCUT2D eigenvalue weighted by molar-refractivity contribution is 0.179. The average Bonchev–Trinajstić information content (AvgIpc) is 2.57. The normalized spacial score (nSPS) is 21.5. The lowest BCUT2D eigenvalue weighted by Crippen LogP contribution is -2.48. The Morgan fingerprint density at radius 2 is 1.79 bits per heavy atom. The fraction of sp³-hybridized carbons (Fsp3) is 0.684. The van der Waals surface area contributed by atoms with Crippen LogP contribution in [0.3, 0.4) is 0 Å². The molecule has 0 amide bonds. The number of benzene rings is 1. The largest absolute Gasteiger partial charge is 0.399 e. The molecule has 24 heavy (non-hydrogen) atoms. The number of piperazine rings is 1. The first-order valence-corrected chi connectivity index (χ1v) is 10.2. The van der Waals surface area contributed by atoms with Gasteiger partial charge in [-0.15, -0.1) is 0 Å². The van der Waals surface area contributed by atoms with Crippen molar-refractivity contribution < 1.29 is 0 Å². The number of nitrogens with zero attached hydrogens (tertiary/aromatic N) is 3. The quantitative estimate of drug-likeness (QED) is 0.653. The van der Waals surface area contributed by atoms with Crippen LogP contribution >= 0.6 is 11.9 Å². The number of anilines is 2. The Morgan fingerprint density at radius 3 is 2.42 bits per heavy atom. The molecule has 0 radical (unpaired) electrons. The summed E-state index contributed by atoms with van der Waals surface area (Å²) in [4.78, 5) is 5.13. The molecule has 2 aliphatic rings. The highest BCUT2D eigenvalue weighted by molar-refractivity contribution is 7.97. The highest BCUT2D eigenvalue weighted by atomic mass is 32.2. The maximum atomic E-state index is 5.91. The second-order valence-corrected chi connectivity index (χ2v) is 9.08. The Balaban J connectivity index is 1.40. The molecule has 0 spiro atoms. The number of rotatable bonds is 5. The number of hydrogen-bond donors (Lipinski definition) is 1. The summed E-state index contributed by atoms with van der Waals surface area (Å²) in [5, 5.41) is 0.710. The molecule has 1 aromatic carbocycles. The fourth-order valence-corrected chi connectivity index (χ4v) is 4.79. The van der Waals surface area contributed by atoms with Crippen LogP contribution in [0.25, 0.3) is 0 Å². The van der Waals surface area contributed by atoms with Crippen LogP contribution in [0.15, 0.2) is 24.3 Å². The first-order valence-electron chi connectivity index (χ1n) is 9.34. The Morgan fingerprint density at radius 1 is 1.08 bits per heavy atom. The molecule has 0 unspecified atom stereocenters. The van der Waals surface area contributed by atoms with E-state index in [2.05, 4.69) is 46.2 Å². The second-order valence-electron chi connectivity index (χ2n) is 7.41. The van der Waals surface area contributed by atoms with Crippen molar-refractivity contribution in [1.82, 2.24) is 9.21 Å². The van der Waals surface area contributed by atoms with E-state index < -0.39 is 0 Å². The van der Waals surface area contributed by atoms with E-state index in [1.54, 1.807) is 0 Å². The van der Waals surface area contributed by atoms with Crippen LogP contribution in [-0.2, 0) is 0 Å². The van der Waals surface area contributed by atoms with Gasteiger partial charge in [0.2, 0.25) is 0 Å². The van der Waals surface area contributed by atoms with Crippen molar-refractivity contribution in [2.75, 3.05) is 56.4 Å². The van der Waals surface area contributed by atoms with E-state index in [0.717, 1.165) is 24.7 Å². The van der Waals surface area contributed by atoms with Gasteiger partial charge in [-0.1, -0.05) is 31.9 Å². The molecule has 2 fully saturated rings. The Kier molecular flexibility index (Phi) is 6.31. The van der Waals surface area contributed by atoms with E-state index in [-0.39, 0.29) is 0 Å². The molecule has 5 heteroatoms. The summed E-state index contributed by atoms with van der Waals surface area (Å²) >= 11 is 2.03. The van der Waals surface area contributed by atoms with Gasteiger partial charge in [0.25, 0.3) is 0 Å². The second kappa shape index (κ2) is 8.45. The van der Waals surface area contributed by atoms with Crippen LogP contribution in [0, 0.1) is 5.92 Å². The lowest BCUT2D eigenvalue weighted by atomic mass is 9.97. The third-order valence-corrected chi connectivity index (χ3v) is 6.14. The van der Waals surface area contributed by atoms with E-state index in [9.17, 15) is 0 Å². The topological polar surface area (TPSA) is 35.7 Å². The first-order chi connectivity index (χ1) is 11.6. The fourth-order valence-electron chi connectivity index (χ4n) is 3.77. The highest BCUT2D eigenvalue weighted by Crippen LogP contribution is 2.26. The maximum absolute atomic E-state index is 5.91. The molecule has 2 aliphatic heterocycles. The standard InChI is InChI=1S/C19H32N4S/c1-16(2)24-23-8-6-17(7-9-23)15-21-10-12-22(13-11-21)19-5-3-4-18(20)14-19/h3-5,14,16-17H,6-13,15,20H2,1-2H3. The molecule has 0 saturated carbocycles. The van der Waals surface area contributed by atoms with Crippen molar-refractivity contribution in [3.63, 3.8) is 0 Å². The van der Waals surface area contributed by atoms with Gasteiger partial charge in [0.1, 0.15) is 0 Å². The average molecular weight is 349 g/mol. The van der Waals surface area contributed by atoms with Crippen LogP contribution in [0.1, 0.15) is 26.7 Å². The van der Waals surface area contributed by atoms with Crippen molar-refractivity contribution in [1.29, 1.82) is 0 Å². The number of piperidine rings is 1. The van der Waals surface area contributed by atoms with Gasteiger partial charge in [-0.3, -0.25) is 9.21 Å². The smallest absolute Gasteiger partial charge is 0.0387 e. The lowest BCUT2D eigenvalue weighted by Gasteiger charge is -2.39. The number of nitrogen functional groups attached to an aromatic ring is 1. The van der Waals surface area contributed by atoms with Gasteiger partial charge in [-0.25, -0.2) is 0 Å². The molecule has 4 nitrogen and oxygen atoms in total. The Labute approximate surface area is 151 Å². The summed E-state index contributed by atoms with van der Waals surface area (Å²) < 4.78 is 2.57. The van der Waals surface area contributed by atoms with Gasteiger partial charge in [0.15, 0.2) is 0 Å². The van der Waals surface area contributed by atoms with Gasteiger partial charge in [-0.05, 0) is 37.0 Å². The molecule has 2 heterocycles. The molecule has 134 valence electrons. The molecular weight excluding hydrogens is 316 g/mol. The summed E-state index contributed by atoms with van der Waals surface area (Å²) in [6.07, 6.45) is 2.71. The molecule has 0 aliphatic carbocycles. The van der Waals surface area contributed by atoms with Crippen molar-refractivity contribution in [2.45, 2.75) is 31.9 Å². The minimum absolute atomic E-state index is 0.710. The van der Waals surface area contributed by atoms with Crippen molar-refractivity contribution in [3.05, 3.63) is 24.3 Å². The third kappa shape index (κ3) is 5.04. The van der Waals surface area contributed by atoms with E-state index in [4.69, 9.17) is 5.73 Å². The monoisotopic (exact) mass is 348 g/mol. The molecule has 1 aromatic rings. The van der Waals surface area contributed by atoms with Crippen LogP contribution in [-0.4, -0.2) is 60.3 Å². The van der Waals surface area contributed by atoms with Crippen molar-refractivity contribution in [3.8, 4) is 0 Å². The van der Waals surface area contributed by atoms with Gasteiger partial charge >= 0.3 is 0 Å². The van der Waals surface area contributed by atoms with Crippen LogP contribution in [0.4, 0.5) is 11.4 Å². The Bertz CT molecular complexity index is 506. The van der Waals surface area contributed by atoms with Gasteiger partial charge < -0.3 is 10.6 Å². The predicted molar refractivity (Wildman–Crippen MR) is 107 cm³/mol. The van der Waals surface area contributed by atoms with Crippen LogP contribution in [0.5, 0.6) is 0 Å². The van der Waals surface area contributed by atoms with Crippen molar-refractivity contribution in [2.24, 2.45) is 5.92 Å². The van der Waals surface area contributed by atoms with Crippen LogP contribution < -0.4 is 10.6 Å². The predicted octanol–water partition coefficient (Wildman–Crippen LogP) is 3.16. The SMILES string of the molecule is CC(C)SN1CCC(CN2CCN(c3cccc(N)c3)CC2)CC1. The summed E-state index contributed by atoms with van der Waals surface area (Å²) in [6, 6.07) is 8.29. The minimum Gasteiger partial charge on any atom is -0.399 e. The van der Waals surface area contributed by atoms with Crippen molar-refractivity contribution >= 4 is 23.3 Å². The van der Waals surface area contributed by atoms with E-state index in [1.165, 1.54) is 51.3 Å². The Hall–Kier alpha value is -0.910. The molecule has 2 saturated heterocycles. The van der Waals surface area contributed by atoms with Gasteiger partial charge in [0.05, 0.1) is 0 Å². The zero-order chi connectivity index (χ0) is 16.9. The molecule has 0 atom stereocenters. The zero-order valence-electron chi connectivity index (χ0n) is 15.2. The van der Waals surface area contributed by atoms with Crippen LogP contribution in [0.2, 0.25) is 0 Å². The summed E-state index contributed by atoms with van der Waals surface area (Å²) in [5.74, 6) is 0.882. The molecular formula is C19H32N4S. The minimum atomic E-state index is 0.710. The molecule has 3 rings (SSSR count). The summed E-state index contributed by atoms with van der Waals surface area (Å²) in [7, 11) is 0. The highest BCUT2D eigenvalue weighted by Gasteiger charge is 2.24. The number of hydrogen-bond acceptors (Lipinski definition) is 5. The van der Waals surface area contributed by atoms with E-state index in [1.807, 2.05) is 18.0 Å². The third-order valence-electron chi connectivity index (χ3n) is 5.06. The van der Waals surface area contributed by atoms with Gasteiger partial charge in [-0.2, -0.15) is 0 Å². The van der Waals surface area contributed by atoms with E-state index in [0.29, 0.717) is 5.25 Å². The zero-order valence-corrected chi connectivity index (χ0v) is 16.0. The molecule has 0 aromatic heterocycles. The summed E-state index contributed by atoms with van der Waals surface area (Å²) in [5.41, 5.74) is 8.05. The maximum Gasteiger partial charge on any atom is 0.0387 e. The number of nitrogens with two attached hydrogens (primary N) is 1. The molecule has 0 bridgehead atoms. The molecule has 2 N–H and O–H groups in total. The van der Waals surface area contributed by atoms with Gasteiger partial charge in [0, 0.05) is 62.4 Å². The summed E-state index contributed by atoms with van der Waals surface area (Å²) in [6.45, 7) is 13.0. The van der Waals surface area contributed by atoms with E-state index >= 15 is 0 Å². The first kappa shape index (κ1) is 17.9.